The maximum Gasteiger partial charge on any atom is 0.319 e. The van der Waals surface area contributed by atoms with E-state index in [0.29, 0.717) is 6.54 Å². The Bertz CT molecular complexity index is 429. The van der Waals surface area contributed by atoms with Gasteiger partial charge in [-0.2, -0.15) is 0 Å². The number of urea groups is 1. The molecular formula is C14H18N2O2. The van der Waals surface area contributed by atoms with Gasteiger partial charge in [0.2, 0.25) is 0 Å². The van der Waals surface area contributed by atoms with E-state index in [1.807, 2.05) is 0 Å². The summed E-state index contributed by atoms with van der Waals surface area (Å²) in [6.07, 6.45) is 2.03. The first-order valence-electron chi connectivity index (χ1n) is 6.01. The van der Waals surface area contributed by atoms with Gasteiger partial charge in [-0.15, -0.1) is 0 Å². The molecule has 1 aromatic carbocycles. The summed E-state index contributed by atoms with van der Waals surface area (Å²) in [5.41, 5.74) is 1.53. The molecule has 0 radical (unpaired) electrons. The van der Waals surface area contributed by atoms with E-state index in [1.54, 1.807) is 24.3 Å². The van der Waals surface area contributed by atoms with Gasteiger partial charge in [-0.25, -0.2) is 4.79 Å². The van der Waals surface area contributed by atoms with Gasteiger partial charge in [0.15, 0.2) is 0 Å². The number of hydrogen-bond donors (Lipinski definition) is 3. The van der Waals surface area contributed by atoms with Crippen LogP contribution in [0.25, 0.3) is 0 Å². The largest absolute Gasteiger partial charge is 0.384 e. The zero-order chi connectivity index (χ0) is 13.2. The molecule has 18 heavy (non-hydrogen) atoms. The van der Waals surface area contributed by atoms with Gasteiger partial charge in [-0.05, 0) is 30.7 Å². The molecule has 96 valence electrons. The van der Waals surface area contributed by atoms with Crippen LogP contribution in [-0.4, -0.2) is 24.3 Å². The van der Waals surface area contributed by atoms with Crippen LogP contribution in [0.15, 0.2) is 24.3 Å². The van der Waals surface area contributed by atoms with Crippen LogP contribution in [0.4, 0.5) is 10.5 Å². The van der Waals surface area contributed by atoms with Crippen molar-refractivity contribution in [2.75, 3.05) is 18.5 Å². The first-order chi connectivity index (χ1) is 8.76. The first kappa shape index (κ1) is 14.1. The van der Waals surface area contributed by atoms with E-state index in [0.717, 1.165) is 24.1 Å². The summed E-state index contributed by atoms with van der Waals surface area (Å²) in [4.78, 5) is 11.5. The van der Waals surface area contributed by atoms with Crippen molar-refractivity contribution in [3.8, 4) is 11.8 Å². The molecule has 1 aromatic rings. The Labute approximate surface area is 107 Å². The molecule has 3 N–H and O–H groups in total. The summed E-state index contributed by atoms with van der Waals surface area (Å²) >= 11 is 0. The molecule has 0 aromatic heterocycles. The number of nitrogens with one attached hydrogen (secondary N) is 2. The quantitative estimate of drug-likeness (QED) is 0.561. The van der Waals surface area contributed by atoms with Crippen LogP contribution in [0, 0.1) is 11.8 Å². The van der Waals surface area contributed by atoms with Crippen LogP contribution in [0.3, 0.4) is 0 Å². The van der Waals surface area contributed by atoms with Crippen molar-refractivity contribution in [1.82, 2.24) is 5.32 Å². The van der Waals surface area contributed by atoms with Crippen LogP contribution < -0.4 is 10.6 Å². The van der Waals surface area contributed by atoms with Crippen molar-refractivity contribution in [3.05, 3.63) is 29.8 Å². The van der Waals surface area contributed by atoms with Crippen molar-refractivity contribution in [2.24, 2.45) is 0 Å². The fourth-order valence-electron chi connectivity index (χ4n) is 1.33. The monoisotopic (exact) mass is 246 g/mol. The van der Waals surface area contributed by atoms with Crippen molar-refractivity contribution in [2.45, 2.75) is 19.8 Å². The Morgan fingerprint density at radius 3 is 2.67 bits per heavy atom. The average molecular weight is 246 g/mol. The number of hydrogen-bond acceptors (Lipinski definition) is 2. The fraction of sp³-hybridized carbons (Fsp3) is 0.357. The Morgan fingerprint density at radius 2 is 2.06 bits per heavy atom. The maximum absolute atomic E-state index is 11.5. The van der Waals surface area contributed by atoms with E-state index in [9.17, 15) is 4.79 Å². The van der Waals surface area contributed by atoms with Crippen molar-refractivity contribution in [1.29, 1.82) is 0 Å². The molecule has 0 bridgehead atoms. The molecule has 0 aliphatic heterocycles. The molecule has 0 unspecified atom stereocenters. The zero-order valence-electron chi connectivity index (χ0n) is 10.5. The summed E-state index contributed by atoms with van der Waals surface area (Å²) in [6.45, 7) is 2.61. The molecule has 0 spiro atoms. The Hall–Kier alpha value is -1.99. The molecule has 1 rings (SSSR count). The highest BCUT2D eigenvalue weighted by Gasteiger charge is 1.99. The lowest BCUT2D eigenvalue weighted by Gasteiger charge is -2.06. The van der Waals surface area contributed by atoms with Gasteiger partial charge in [-0.1, -0.05) is 25.2 Å². The lowest BCUT2D eigenvalue weighted by Crippen LogP contribution is -2.29. The first-order valence-corrected chi connectivity index (χ1v) is 6.01. The normalized spacial score (nSPS) is 9.22. The molecule has 0 atom stereocenters. The second kappa shape index (κ2) is 8.15. The Kier molecular flexibility index (Phi) is 6.37. The second-order valence-electron chi connectivity index (χ2n) is 3.77. The molecular weight excluding hydrogens is 228 g/mol. The highest BCUT2D eigenvalue weighted by molar-refractivity contribution is 5.89. The van der Waals surface area contributed by atoms with E-state index in [2.05, 4.69) is 29.4 Å². The topological polar surface area (TPSA) is 61.4 Å². The average Bonchev–Trinajstić information content (AvgIpc) is 2.38. The predicted molar refractivity (Wildman–Crippen MR) is 72.3 cm³/mol. The molecule has 0 saturated carbocycles. The second-order valence-corrected chi connectivity index (χ2v) is 3.77. The smallest absolute Gasteiger partial charge is 0.319 e. The molecule has 4 heteroatoms. The Balaban J connectivity index is 2.45. The number of amides is 2. The predicted octanol–water partition coefficient (Wildman–Crippen LogP) is 1.95. The number of rotatable bonds is 4. The number of carbonyl (C=O) groups is 1. The van der Waals surface area contributed by atoms with Crippen molar-refractivity contribution < 1.29 is 9.90 Å². The van der Waals surface area contributed by atoms with Gasteiger partial charge in [0.05, 0.1) is 0 Å². The van der Waals surface area contributed by atoms with Gasteiger partial charge in [0.25, 0.3) is 0 Å². The van der Waals surface area contributed by atoms with E-state index >= 15 is 0 Å². The minimum atomic E-state index is -0.197. The van der Waals surface area contributed by atoms with Crippen molar-refractivity contribution >= 4 is 11.7 Å². The zero-order valence-corrected chi connectivity index (χ0v) is 10.5. The van der Waals surface area contributed by atoms with E-state index in [1.165, 1.54) is 0 Å². The molecule has 0 heterocycles. The summed E-state index contributed by atoms with van der Waals surface area (Å²) in [6, 6.07) is 6.95. The minimum Gasteiger partial charge on any atom is -0.384 e. The van der Waals surface area contributed by atoms with Gasteiger partial charge in [0.1, 0.15) is 6.61 Å². The molecule has 0 fully saturated rings. The molecule has 2 amide bonds. The van der Waals surface area contributed by atoms with Gasteiger partial charge >= 0.3 is 6.03 Å². The number of anilines is 1. The van der Waals surface area contributed by atoms with Crippen LogP contribution in [-0.2, 0) is 0 Å². The van der Waals surface area contributed by atoms with Crippen LogP contribution in [0.2, 0.25) is 0 Å². The molecule has 4 nitrogen and oxygen atoms in total. The third-order valence-corrected chi connectivity index (χ3v) is 2.27. The summed E-state index contributed by atoms with van der Waals surface area (Å²) < 4.78 is 0. The van der Waals surface area contributed by atoms with E-state index in [4.69, 9.17) is 5.11 Å². The SMILES string of the molecule is CCCCNC(=O)Nc1ccc(C#CCO)cc1. The van der Waals surface area contributed by atoms with Gasteiger partial charge in [0, 0.05) is 17.8 Å². The maximum atomic E-state index is 11.5. The third-order valence-electron chi connectivity index (χ3n) is 2.27. The number of aliphatic hydroxyl groups is 1. The number of carbonyl (C=O) groups excluding carboxylic acids is 1. The highest BCUT2D eigenvalue weighted by Crippen LogP contribution is 2.08. The standard InChI is InChI=1S/C14H18N2O2/c1-2-3-10-15-14(18)16-13-8-6-12(7-9-13)5-4-11-17/h6-9,17H,2-3,10-11H2,1H3,(H2,15,16,18). The number of benzene rings is 1. The number of unbranched alkanes of at least 4 members (excludes halogenated alkanes) is 1. The highest BCUT2D eigenvalue weighted by atomic mass is 16.2. The summed E-state index contributed by atoms with van der Waals surface area (Å²) in [5.74, 6) is 5.35. The molecule has 0 aliphatic rings. The van der Waals surface area contributed by atoms with E-state index < -0.39 is 0 Å². The van der Waals surface area contributed by atoms with Crippen LogP contribution in [0.5, 0.6) is 0 Å². The van der Waals surface area contributed by atoms with Gasteiger partial charge in [-0.3, -0.25) is 0 Å². The van der Waals surface area contributed by atoms with Crippen LogP contribution in [0.1, 0.15) is 25.3 Å². The van der Waals surface area contributed by atoms with Crippen molar-refractivity contribution in [3.63, 3.8) is 0 Å². The van der Waals surface area contributed by atoms with Crippen LogP contribution >= 0.6 is 0 Å². The third kappa shape index (κ3) is 5.37. The van der Waals surface area contributed by atoms with Gasteiger partial charge < -0.3 is 15.7 Å². The van der Waals surface area contributed by atoms with E-state index in [-0.39, 0.29) is 12.6 Å². The molecule has 0 saturated heterocycles. The molecule has 0 aliphatic carbocycles. The minimum absolute atomic E-state index is 0.153. The Morgan fingerprint density at radius 1 is 1.33 bits per heavy atom. The lowest BCUT2D eigenvalue weighted by molar-refractivity contribution is 0.252. The summed E-state index contributed by atoms with van der Waals surface area (Å²) in [7, 11) is 0. The number of aliphatic hydroxyl groups excluding tert-OH is 1. The summed E-state index contributed by atoms with van der Waals surface area (Å²) in [5, 5.41) is 14.1. The lowest BCUT2D eigenvalue weighted by atomic mass is 10.2. The fourth-order valence-corrected chi connectivity index (χ4v) is 1.33.